The maximum absolute atomic E-state index is 9.93. The van der Waals surface area contributed by atoms with Crippen molar-refractivity contribution in [2.24, 2.45) is 21.7 Å². The molecular formula is C12H18N4O2. The lowest BCUT2D eigenvalue weighted by Crippen LogP contribution is -2.21. The molecule has 0 spiro atoms. The molecule has 0 aliphatic carbocycles. The number of hydrogen-bond acceptors (Lipinski definition) is 4. The van der Waals surface area contributed by atoms with Gasteiger partial charge in [0.25, 0.3) is 0 Å². The number of benzene rings is 1. The Labute approximate surface area is 106 Å². The molecular weight excluding hydrogens is 232 g/mol. The average molecular weight is 250 g/mol. The second kappa shape index (κ2) is 5.90. The maximum atomic E-state index is 9.93. The van der Waals surface area contributed by atoms with Crippen molar-refractivity contribution in [2.45, 2.75) is 19.8 Å². The summed E-state index contributed by atoms with van der Waals surface area (Å²) >= 11 is 0. The summed E-state index contributed by atoms with van der Waals surface area (Å²) in [5.74, 6) is 0.566. The summed E-state index contributed by atoms with van der Waals surface area (Å²) in [6, 6.07) is 3.60. The van der Waals surface area contributed by atoms with Crippen molar-refractivity contribution in [1.29, 1.82) is 0 Å². The first-order chi connectivity index (χ1) is 8.45. The molecule has 0 unspecified atom stereocenters. The molecule has 0 amide bonds. The van der Waals surface area contributed by atoms with Gasteiger partial charge in [0.15, 0.2) is 11.5 Å². The van der Waals surface area contributed by atoms with E-state index >= 15 is 0 Å². The minimum Gasteiger partial charge on any atom is -0.504 e. The highest BCUT2D eigenvalue weighted by Gasteiger charge is 2.11. The average Bonchev–Trinajstić information content (AvgIpc) is 2.30. The van der Waals surface area contributed by atoms with Crippen LogP contribution in [0.15, 0.2) is 22.3 Å². The Morgan fingerprint density at radius 1 is 1.39 bits per heavy atom. The maximum Gasteiger partial charge on any atom is 0.211 e. The Hall–Kier alpha value is -2.24. The van der Waals surface area contributed by atoms with Gasteiger partial charge in [-0.2, -0.15) is 5.10 Å². The lowest BCUT2D eigenvalue weighted by Gasteiger charge is -2.11. The quantitative estimate of drug-likeness (QED) is 0.423. The number of methoxy groups -OCH3 is 1. The van der Waals surface area contributed by atoms with Crippen LogP contribution in [0, 0.1) is 0 Å². The van der Waals surface area contributed by atoms with Gasteiger partial charge in [-0.3, -0.25) is 0 Å². The third-order valence-corrected chi connectivity index (χ3v) is 2.38. The van der Waals surface area contributed by atoms with E-state index in [9.17, 15) is 5.11 Å². The van der Waals surface area contributed by atoms with Gasteiger partial charge >= 0.3 is 0 Å². The summed E-state index contributed by atoms with van der Waals surface area (Å²) in [7, 11) is 1.50. The standard InChI is InChI=1S/C12H18N4O2/c1-7(2)8-4-9(6-15-16-12(13)14)11(17)10(5-8)18-3/h4-7,17H,1-3H3,(H4,13,14,16). The van der Waals surface area contributed by atoms with Gasteiger partial charge in [0, 0.05) is 5.56 Å². The Bertz CT molecular complexity index is 477. The molecule has 6 heteroatoms. The summed E-state index contributed by atoms with van der Waals surface area (Å²) in [6.07, 6.45) is 1.38. The molecule has 0 aromatic heterocycles. The van der Waals surface area contributed by atoms with E-state index in [1.165, 1.54) is 13.3 Å². The molecule has 0 saturated carbocycles. The van der Waals surface area contributed by atoms with Crippen LogP contribution in [0.3, 0.4) is 0 Å². The number of hydrogen-bond donors (Lipinski definition) is 3. The fraction of sp³-hybridized carbons (Fsp3) is 0.333. The lowest BCUT2D eigenvalue weighted by atomic mass is 10.00. The Kier molecular flexibility index (Phi) is 4.53. The number of rotatable bonds is 4. The first-order valence-corrected chi connectivity index (χ1v) is 5.48. The molecule has 0 bridgehead atoms. The Morgan fingerprint density at radius 3 is 2.56 bits per heavy atom. The molecule has 0 saturated heterocycles. The molecule has 18 heavy (non-hydrogen) atoms. The molecule has 98 valence electrons. The third-order valence-electron chi connectivity index (χ3n) is 2.38. The smallest absolute Gasteiger partial charge is 0.211 e. The molecule has 0 radical (unpaired) electrons. The van der Waals surface area contributed by atoms with E-state index in [2.05, 4.69) is 10.2 Å². The van der Waals surface area contributed by atoms with Gasteiger partial charge in [0.1, 0.15) is 0 Å². The van der Waals surface area contributed by atoms with E-state index < -0.39 is 0 Å². The van der Waals surface area contributed by atoms with Crippen molar-refractivity contribution in [3.05, 3.63) is 23.3 Å². The summed E-state index contributed by atoms with van der Waals surface area (Å²) in [5.41, 5.74) is 11.8. The molecule has 1 rings (SSSR count). The predicted octanol–water partition coefficient (Wildman–Crippen LogP) is 1.13. The molecule has 5 N–H and O–H groups in total. The van der Waals surface area contributed by atoms with Gasteiger partial charge in [-0.25, -0.2) is 0 Å². The molecule has 0 atom stereocenters. The number of guanidine groups is 1. The molecule has 0 heterocycles. The number of phenols is 1. The zero-order valence-corrected chi connectivity index (χ0v) is 10.7. The first-order valence-electron chi connectivity index (χ1n) is 5.48. The van der Waals surface area contributed by atoms with Crippen LogP contribution < -0.4 is 16.2 Å². The number of ether oxygens (including phenoxy) is 1. The van der Waals surface area contributed by atoms with Crippen molar-refractivity contribution in [3.8, 4) is 11.5 Å². The van der Waals surface area contributed by atoms with Crippen LogP contribution in [-0.4, -0.2) is 24.4 Å². The van der Waals surface area contributed by atoms with E-state index in [1.807, 2.05) is 19.9 Å². The van der Waals surface area contributed by atoms with Gasteiger partial charge in [-0.05, 0) is 23.6 Å². The SMILES string of the molecule is COc1cc(C(C)C)cc(C=NN=C(N)N)c1O. The summed E-state index contributed by atoms with van der Waals surface area (Å²) in [6.45, 7) is 4.09. The highest BCUT2D eigenvalue weighted by molar-refractivity contribution is 5.86. The molecule has 6 nitrogen and oxygen atoms in total. The molecule has 0 fully saturated rings. The van der Waals surface area contributed by atoms with E-state index in [0.29, 0.717) is 17.2 Å². The first kappa shape index (κ1) is 13.8. The van der Waals surface area contributed by atoms with Crippen molar-refractivity contribution < 1.29 is 9.84 Å². The van der Waals surface area contributed by atoms with Gasteiger partial charge in [-0.15, -0.1) is 5.10 Å². The second-order valence-corrected chi connectivity index (χ2v) is 4.09. The van der Waals surface area contributed by atoms with Crippen LogP contribution in [0.2, 0.25) is 0 Å². The van der Waals surface area contributed by atoms with Gasteiger partial charge in [-0.1, -0.05) is 13.8 Å². The lowest BCUT2D eigenvalue weighted by molar-refractivity contribution is 0.372. The Morgan fingerprint density at radius 2 is 2.06 bits per heavy atom. The normalized spacial score (nSPS) is 10.9. The highest BCUT2D eigenvalue weighted by Crippen LogP contribution is 2.32. The predicted molar refractivity (Wildman–Crippen MR) is 72.2 cm³/mol. The van der Waals surface area contributed by atoms with Crippen LogP contribution in [0.25, 0.3) is 0 Å². The van der Waals surface area contributed by atoms with Crippen LogP contribution >= 0.6 is 0 Å². The van der Waals surface area contributed by atoms with Gasteiger partial charge < -0.3 is 21.3 Å². The number of phenolic OH excluding ortho intramolecular Hbond substituents is 1. The van der Waals surface area contributed by atoms with E-state index in [1.54, 1.807) is 6.07 Å². The minimum absolute atomic E-state index is 0.0106. The van der Waals surface area contributed by atoms with Crippen molar-refractivity contribution >= 4 is 12.2 Å². The van der Waals surface area contributed by atoms with Crippen molar-refractivity contribution in [1.82, 2.24) is 0 Å². The minimum atomic E-state index is -0.141. The zero-order valence-electron chi connectivity index (χ0n) is 10.7. The molecule has 1 aromatic carbocycles. The van der Waals surface area contributed by atoms with E-state index in [-0.39, 0.29) is 11.7 Å². The van der Waals surface area contributed by atoms with E-state index in [0.717, 1.165) is 5.56 Å². The molecule has 1 aromatic rings. The summed E-state index contributed by atoms with van der Waals surface area (Å²) in [4.78, 5) is 0. The number of aromatic hydroxyl groups is 1. The highest BCUT2D eigenvalue weighted by atomic mass is 16.5. The zero-order chi connectivity index (χ0) is 13.7. The fourth-order valence-electron chi connectivity index (χ4n) is 1.40. The van der Waals surface area contributed by atoms with Crippen LogP contribution in [-0.2, 0) is 0 Å². The van der Waals surface area contributed by atoms with Crippen molar-refractivity contribution in [3.63, 3.8) is 0 Å². The second-order valence-electron chi connectivity index (χ2n) is 4.09. The Balaban J connectivity index is 3.21. The van der Waals surface area contributed by atoms with Crippen LogP contribution in [0.1, 0.15) is 30.9 Å². The molecule has 0 aliphatic rings. The fourth-order valence-corrected chi connectivity index (χ4v) is 1.40. The topological polar surface area (TPSA) is 106 Å². The number of nitrogens with two attached hydrogens (primary N) is 2. The van der Waals surface area contributed by atoms with Crippen molar-refractivity contribution in [2.75, 3.05) is 7.11 Å². The number of nitrogens with zero attached hydrogens (tertiary/aromatic N) is 2. The molecule has 0 aliphatic heterocycles. The summed E-state index contributed by atoms with van der Waals surface area (Å²) in [5, 5.41) is 17.1. The third kappa shape index (κ3) is 3.38. The van der Waals surface area contributed by atoms with Crippen LogP contribution in [0.4, 0.5) is 0 Å². The summed E-state index contributed by atoms with van der Waals surface area (Å²) < 4.78 is 5.11. The monoisotopic (exact) mass is 250 g/mol. The van der Waals surface area contributed by atoms with Crippen LogP contribution in [0.5, 0.6) is 11.5 Å². The van der Waals surface area contributed by atoms with Gasteiger partial charge in [0.05, 0.1) is 13.3 Å². The van der Waals surface area contributed by atoms with Gasteiger partial charge in [0.2, 0.25) is 5.96 Å². The van der Waals surface area contributed by atoms with E-state index in [4.69, 9.17) is 16.2 Å². The largest absolute Gasteiger partial charge is 0.504 e.